The minimum Gasteiger partial charge on any atom is -0.258 e. The zero-order valence-electron chi connectivity index (χ0n) is 9.02. The minimum atomic E-state index is 0.508. The highest BCUT2D eigenvalue weighted by atomic mass is 35.5. The summed E-state index contributed by atoms with van der Waals surface area (Å²) < 4.78 is 0. The van der Waals surface area contributed by atoms with Crippen LogP contribution in [0.2, 0.25) is 10.0 Å². The summed E-state index contributed by atoms with van der Waals surface area (Å²) in [7, 11) is 0. The lowest BCUT2D eigenvalue weighted by Crippen LogP contribution is -1.84. The zero-order chi connectivity index (χ0) is 12.5. The molecule has 18 heavy (non-hydrogen) atoms. The summed E-state index contributed by atoms with van der Waals surface area (Å²) in [5.74, 6) is 1.23. The first-order valence-electron chi connectivity index (χ1n) is 5.16. The molecule has 2 aromatic heterocycles. The van der Waals surface area contributed by atoms with Gasteiger partial charge < -0.3 is 0 Å². The Hall–Kier alpha value is -1.36. The lowest BCUT2D eigenvalue weighted by molar-refractivity contribution is 1.10. The Morgan fingerprint density at radius 3 is 2.50 bits per heavy atom. The molecule has 1 aromatic carbocycles. The Labute approximate surface area is 117 Å². The third-order valence-corrected chi connectivity index (χ3v) is 3.93. The number of aromatic nitrogens is 3. The van der Waals surface area contributed by atoms with Gasteiger partial charge in [0, 0.05) is 0 Å². The fraction of sp³-hybridized carbons (Fsp3) is 0. The van der Waals surface area contributed by atoms with E-state index < -0.39 is 0 Å². The third kappa shape index (κ3) is 2.03. The number of aromatic amines is 1. The molecule has 0 aliphatic carbocycles. The molecule has 0 bridgehead atoms. The summed E-state index contributed by atoms with van der Waals surface area (Å²) in [4.78, 5) is 5.44. The van der Waals surface area contributed by atoms with E-state index in [-0.39, 0.29) is 0 Å². The molecule has 1 N–H and O–H groups in total. The number of hydrogen-bond acceptors (Lipinski definition) is 3. The molecule has 0 saturated heterocycles. The van der Waals surface area contributed by atoms with Gasteiger partial charge in [-0.05, 0) is 23.6 Å². The standard InChI is InChI=1S/C12H7Cl2N3S/c13-7-3-1-4-8(14)10(7)12-15-11(16-17-12)9-5-2-6-18-9/h1-6H,(H,15,16,17). The Morgan fingerprint density at radius 1 is 1.06 bits per heavy atom. The molecule has 90 valence electrons. The van der Waals surface area contributed by atoms with Gasteiger partial charge in [-0.15, -0.1) is 11.3 Å². The second kappa shape index (κ2) is 4.72. The average molecular weight is 296 g/mol. The number of halogens is 2. The zero-order valence-corrected chi connectivity index (χ0v) is 11.4. The van der Waals surface area contributed by atoms with Crippen molar-refractivity contribution in [1.82, 2.24) is 15.2 Å². The maximum Gasteiger partial charge on any atom is 0.184 e. The van der Waals surface area contributed by atoms with Crippen LogP contribution in [0, 0.1) is 0 Å². The van der Waals surface area contributed by atoms with Crippen LogP contribution in [0.15, 0.2) is 35.7 Å². The first kappa shape index (κ1) is 11.7. The first-order valence-corrected chi connectivity index (χ1v) is 6.80. The minimum absolute atomic E-state index is 0.508. The van der Waals surface area contributed by atoms with Gasteiger partial charge in [-0.25, -0.2) is 4.98 Å². The van der Waals surface area contributed by atoms with Crippen LogP contribution in [0.4, 0.5) is 0 Å². The highest BCUT2D eigenvalue weighted by molar-refractivity contribution is 7.13. The number of hydrogen-bond donors (Lipinski definition) is 1. The molecule has 0 radical (unpaired) electrons. The fourth-order valence-electron chi connectivity index (χ4n) is 1.61. The van der Waals surface area contributed by atoms with Crippen LogP contribution in [0.1, 0.15) is 0 Å². The van der Waals surface area contributed by atoms with Crippen LogP contribution in [-0.2, 0) is 0 Å². The van der Waals surface area contributed by atoms with Gasteiger partial charge in [-0.2, -0.15) is 5.10 Å². The summed E-state index contributed by atoms with van der Waals surface area (Å²) in [6.07, 6.45) is 0. The molecule has 3 nitrogen and oxygen atoms in total. The number of H-pyrrole nitrogens is 1. The normalized spacial score (nSPS) is 10.8. The molecule has 0 amide bonds. The van der Waals surface area contributed by atoms with Crippen LogP contribution in [0.3, 0.4) is 0 Å². The summed E-state index contributed by atoms with van der Waals surface area (Å²) in [5, 5.41) is 10.1. The van der Waals surface area contributed by atoms with E-state index in [4.69, 9.17) is 23.2 Å². The van der Waals surface area contributed by atoms with E-state index in [1.165, 1.54) is 0 Å². The molecule has 0 aliphatic heterocycles. The summed E-state index contributed by atoms with van der Waals surface area (Å²) >= 11 is 13.8. The Bertz CT molecular complexity index is 656. The van der Waals surface area contributed by atoms with Gasteiger partial charge >= 0.3 is 0 Å². The van der Waals surface area contributed by atoms with E-state index in [9.17, 15) is 0 Å². The van der Waals surface area contributed by atoms with Crippen molar-refractivity contribution < 1.29 is 0 Å². The van der Waals surface area contributed by atoms with Gasteiger partial charge in [-0.3, -0.25) is 5.10 Å². The Morgan fingerprint density at radius 2 is 1.83 bits per heavy atom. The Balaban J connectivity index is 2.09. The van der Waals surface area contributed by atoms with Gasteiger partial charge in [0.2, 0.25) is 0 Å². The Kier molecular flexibility index (Phi) is 3.07. The van der Waals surface area contributed by atoms with Gasteiger partial charge in [0.25, 0.3) is 0 Å². The molecular weight excluding hydrogens is 289 g/mol. The molecule has 3 rings (SSSR count). The molecule has 0 saturated carbocycles. The summed E-state index contributed by atoms with van der Waals surface area (Å²) in [6, 6.07) is 9.27. The quantitative estimate of drug-likeness (QED) is 0.756. The van der Waals surface area contributed by atoms with Crippen LogP contribution < -0.4 is 0 Å². The number of benzene rings is 1. The topological polar surface area (TPSA) is 41.6 Å². The van der Waals surface area contributed by atoms with Gasteiger partial charge in [0.15, 0.2) is 11.6 Å². The molecule has 0 aliphatic rings. The first-order chi connectivity index (χ1) is 8.75. The highest BCUT2D eigenvalue weighted by Crippen LogP contribution is 2.33. The average Bonchev–Trinajstić information content (AvgIpc) is 2.99. The predicted octanol–water partition coefficient (Wildman–Crippen LogP) is 4.51. The van der Waals surface area contributed by atoms with Gasteiger partial charge in [-0.1, -0.05) is 35.3 Å². The largest absolute Gasteiger partial charge is 0.258 e. The lowest BCUT2D eigenvalue weighted by atomic mass is 10.2. The molecule has 3 aromatic rings. The maximum atomic E-state index is 6.12. The summed E-state index contributed by atoms with van der Waals surface area (Å²) in [5.41, 5.74) is 0.653. The number of rotatable bonds is 2. The van der Waals surface area contributed by atoms with Gasteiger partial charge in [0.05, 0.1) is 20.5 Å². The van der Waals surface area contributed by atoms with Crippen molar-refractivity contribution in [2.24, 2.45) is 0 Å². The van der Waals surface area contributed by atoms with E-state index in [1.807, 2.05) is 17.5 Å². The molecule has 0 atom stereocenters. The molecular formula is C12H7Cl2N3S. The van der Waals surface area contributed by atoms with Crippen molar-refractivity contribution in [2.45, 2.75) is 0 Å². The van der Waals surface area contributed by atoms with Crippen LogP contribution >= 0.6 is 34.5 Å². The van der Waals surface area contributed by atoms with Crippen LogP contribution in [0.5, 0.6) is 0 Å². The molecule has 0 spiro atoms. The SMILES string of the molecule is Clc1cccc(Cl)c1-c1n[nH]c(-c2cccs2)n1. The lowest BCUT2D eigenvalue weighted by Gasteiger charge is -2.01. The monoisotopic (exact) mass is 295 g/mol. The number of thiophene rings is 1. The fourth-order valence-corrected chi connectivity index (χ4v) is 2.84. The van der Waals surface area contributed by atoms with E-state index in [1.54, 1.807) is 29.5 Å². The number of nitrogens with one attached hydrogen (secondary N) is 1. The van der Waals surface area contributed by atoms with Crippen molar-refractivity contribution in [3.8, 4) is 22.1 Å². The van der Waals surface area contributed by atoms with Crippen molar-refractivity contribution in [3.63, 3.8) is 0 Å². The summed E-state index contributed by atoms with van der Waals surface area (Å²) in [6.45, 7) is 0. The van der Waals surface area contributed by atoms with Gasteiger partial charge in [0.1, 0.15) is 0 Å². The van der Waals surface area contributed by atoms with Crippen LogP contribution in [-0.4, -0.2) is 15.2 Å². The van der Waals surface area contributed by atoms with E-state index in [0.29, 0.717) is 21.4 Å². The predicted molar refractivity (Wildman–Crippen MR) is 75.2 cm³/mol. The van der Waals surface area contributed by atoms with Crippen molar-refractivity contribution >= 4 is 34.5 Å². The molecule has 2 heterocycles. The highest BCUT2D eigenvalue weighted by Gasteiger charge is 2.14. The third-order valence-electron chi connectivity index (χ3n) is 2.43. The van der Waals surface area contributed by atoms with Crippen molar-refractivity contribution in [2.75, 3.05) is 0 Å². The number of nitrogens with zero attached hydrogens (tertiary/aromatic N) is 2. The van der Waals surface area contributed by atoms with Crippen LogP contribution in [0.25, 0.3) is 22.1 Å². The smallest absolute Gasteiger partial charge is 0.184 e. The van der Waals surface area contributed by atoms with Crippen molar-refractivity contribution in [1.29, 1.82) is 0 Å². The maximum absolute atomic E-state index is 6.12. The second-order valence-electron chi connectivity index (χ2n) is 3.58. The van der Waals surface area contributed by atoms with E-state index in [0.717, 1.165) is 10.7 Å². The van der Waals surface area contributed by atoms with Crippen molar-refractivity contribution in [3.05, 3.63) is 45.8 Å². The van der Waals surface area contributed by atoms with E-state index >= 15 is 0 Å². The molecule has 0 unspecified atom stereocenters. The van der Waals surface area contributed by atoms with E-state index in [2.05, 4.69) is 15.2 Å². The second-order valence-corrected chi connectivity index (χ2v) is 5.34. The molecule has 6 heteroatoms. The molecule has 0 fully saturated rings.